The lowest BCUT2D eigenvalue weighted by atomic mass is 10.1. The maximum atomic E-state index is 12.9. The van der Waals surface area contributed by atoms with Crippen molar-refractivity contribution in [3.8, 4) is 17.2 Å². The van der Waals surface area contributed by atoms with Gasteiger partial charge in [0, 0.05) is 22.6 Å². The fraction of sp³-hybridized carbons (Fsp3) is 0.240. The van der Waals surface area contributed by atoms with Crippen molar-refractivity contribution in [3.63, 3.8) is 0 Å². The Hall–Kier alpha value is -3.67. The van der Waals surface area contributed by atoms with Crippen molar-refractivity contribution < 1.29 is 19.0 Å². The van der Waals surface area contributed by atoms with E-state index in [1.54, 1.807) is 12.1 Å². The number of rotatable bonds is 10. The van der Waals surface area contributed by atoms with Crippen LogP contribution in [-0.2, 0) is 0 Å². The van der Waals surface area contributed by atoms with Gasteiger partial charge in [0.1, 0.15) is 0 Å². The number of nitrogens with one attached hydrogen (secondary N) is 2. The zero-order valence-corrected chi connectivity index (χ0v) is 18.1. The van der Waals surface area contributed by atoms with Gasteiger partial charge in [0.15, 0.2) is 11.5 Å². The first-order chi connectivity index (χ1) is 15.1. The van der Waals surface area contributed by atoms with Crippen molar-refractivity contribution in [2.24, 2.45) is 0 Å². The first kappa shape index (κ1) is 22.0. The Kier molecular flexibility index (Phi) is 7.76. The normalized spacial score (nSPS) is 10.3. The second-order valence-electron chi connectivity index (χ2n) is 6.62. The van der Waals surface area contributed by atoms with Gasteiger partial charge in [0.2, 0.25) is 5.75 Å². The van der Waals surface area contributed by atoms with Gasteiger partial charge in [-0.1, -0.05) is 18.2 Å². The molecule has 0 aliphatic carbocycles. The molecule has 0 bridgehead atoms. The largest absolute Gasteiger partial charge is 0.490 e. The minimum atomic E-state index is -0.256. The maximum absolute atomic E-state index is 12.9. The molecule has 2 N–H and O–H groups in total. The van der Waals surface area contributed by atoms with Crippen molar-refractivity contribution in [2.75, 3.05) is 30.5 Å². The second kappa shape index (κ2) is 10.9. The summed E-state index contributed by atoms with van der Waals surface area (Å²) in [6, 6.07) is 20.8. The van der Waals surface area contributed by atoms with Crippen molar-refractivity contribution >= 4 is 23.0 Å². The molecule has 0 saturated heterocycles. The topological polar surface area (TPSA) is 68.8 Å². The van der Waals surface area contributed by atoms with Crippen LogP contribution in [0, 0.1) is 0 Å². The van der Waals surface area contributed by atoms with Gasteiger partial charge in [0.05, 0.1) is 19.8 Å². The molecule has 3 aromatic carbocycles. The van der Waals surface area contributed by atoms with Crippen LogP contribution in [0.3, 0.4) is 0 Å². The molecule has 0 aliphatic heterocycles. The molecule has 3 rings (SSSR count). The molecule has 0 radical (unpaired) electrons. The minimum Gasteiger partial charge on any atom is -0.490 e. The van der Waals surface area contributed by atoms with E-state index in [2.05, 4.69) is 10.6 Å². The van der Waals surface area contributed by atoms with Crippen LogP contribution in [0.15, 0.2) is 66.7 Å². The van der Waals surface area contributed by atoms with Gasteiger partial charge in [-0.05, 0) is 69.3 Å². The lowest BCUT2D eigenvalue weighted by Crippen LogP contribution is -2.13. The molecule has 31 heavy (non-hydrogen) atoms. The summed E-state index contributed by atoms with van der Waals surface area (Å²) in [6.07, 6.45) is 0. The van der Waals surface area contributed by atoms with E-state index in [1.165, 1.54) is 0 Å². The number of amides is 1. The smallest absolute Gasteiger partial charge is 0.255 e. The van der Waals surface area contributed by atoms with Gasteiger partial charge in [-0.25, -0.2) is 0 Å². The van der Waals surface area contributed by atoms with E-state index in [-0.39, 0.29) is 5.91 Å². The number of benzene rings is 3. The maximum Gasteiger partial charge on any atom is 0.255 e. The zero-order valence-electron chi connectivity index (χ0n) is 18.1. The van der Waals surface area contributed by atoms with E-state index in [9.17, 15) is 4.79 Å². The Bertz CT molecular complexity index is 961. The lowest BCUT2D eigenvalue weighted by Gasteiger charge is -2.17. The highest BCUT2D eigenvalue weighted by Gasteiger charge is 2.18. The number of para-hydroxylation sites is 1. The molecule has 162 valence electrons. The first-order valence-electron chi connectivity index (χ1n) is 10.4. The Morgan fingerprint density at radius 3 is 1.77 bits per heavy atom. The summed E-state index contributed by atoms with van der Waals surface area (Å²) in [5, 5.41) is 6.24. The fourth-order valence-corrected chi connectivity index (χ4v) is 3.05. The number of hydrogen-bond donors (Lipinski definition) is 2. The number of ether oxygens (including phenoxy) is 3. The van der Waals surface area contributed by atoms with E-state index in [0.29, 0.717) is 48.3 Å². The molecule has 0 heterocycles. The average Bonchev–Trinajstić information content (AvgIpc) is 2.78. The van der Waals surface area contributed by atoms with Crippen LogP contribution in [0.4, 0.5) is 17.1 Å². The molecule has 6 nitrogen and oxygen atoms in total. The van der Waals surface area contributed by atoms with E-state index < -0.39 is 0 Å². The van der Waals surface area contributed by atoms with Crippen LogP contribution >= 0.6 is 0 Å². The summed E-state index contributed by atoms with van der Waals surface area (Å²) in [4.78, 5) is 12.9. The van der Waals surface area contributed by atoms with Crippen LogP contribution in [0.25, 0.3) is 0 Å². The van der Waals surface area contributed by atoms with Gasteiger partial charge >= 0.3 is 0 Å². The van der Waals surface area contributed by atoms with Gasteiger partial charge in [0.25, 0.3) is 5.91 Å². The van der Waals surface area contributed by atoms with E-state index >= 15 is 0 Å². The summed E-state index contributed by atoms with van der Waals surface area (Å²) in [5.74, 6) is 1.23. The highest BCUT2D eigenvalue weighted by molar-refractivity contribution is 6.05. The third kappa shape index (κ3) is 5.92. The molecule has 0 aliphatic rings. The van der Waals surface area contributed by atoms with Gasteiger partial charge in [-0.15, -0.1) is 0 Å². The van der Waals surface area contributed by atoms with Crippen LogP contribution in [0.5, 0.6) is 17.2 Å². The highest BCUT2D eigenvalue weighted by atomic mass is 16.5. The minimum absolute atomic E-state index is 0.256. The molecule has 0 spiro atoms. The fourth-order valence-electron chi connectivity index (χ4n) is 3.05. The number of carbonyl (C=O) groups excluding carboxylic acids is 1. The number of carbonyl (C=O) groups is 1. The molecular weight excluding hydrogens is 392 g/mol. The Morgan fingerprint density at radius 1 is 0.710 bits per heavy atom. The summed E-state index contributed by atoms with van der Waals surface area (Å²) < 4.78 is 17.1. The Balaban J connectivity index is 1.77. The second-order valence-corrected chi connectivity index (χ2v) is 6.62. The molecule has 0 saturated carbocycles. The summed E-state index contributed by atoms with van der Waals surface area (Å²) in [6.45, 7) is 7.03. The van der Waals surface area contributed by atoms with Crippen LogP contribution in [-0.4, -0.2) is 25.7 Å². The standard InChI is InChI=1S/C25H28N2O4/c1-4-29-22-16-18(17-23(30-5-2)24(22)31-6-3)25(28)27-21-14-12-20(13-15-21)26-19-10-8-7-9-11-19/h7-17,26H,4-6H2,1-3H3,(H,27,28). The number of anilines is 3. The van der Waals surface area contributed by atoms with Crippen molar-refractivity contribution in [2.45, 2.75) is 20.8 Å². The predicted octanol–water partition coefficient (Wildman–Crippen LogP) is 5.88. The molecule has 0 atom stereocenters. The Morgan fingerprint density at radius 2 is 1.23 bits per heavy atom. The molecule has 0 fully saturated rings. The van der Waals surface area contributed by atoms with E-state index in [0.717, 1.165) is 11.4 Å². The predicted molar refractivity (Wildman–Crippen MR) is 124 cm³/mol. The third-order valence-electron chi connectivity index (χ3n) is 4.38. The van der Waals surface area contributed by atoms with Crippen LogP contribution in [0.2, 0.25) is 0 Å². The molecule has 0 unspecified atom stereocenters. The van der Waals surface area contributed by atoms with Crippen molar-refractivity contribution in [1.82, 2.24) is 0 Å². The lowest BCUT2D eigenvalue weighted by molar-refractivity contribution is 0.102. The highest BCUT2D eigenvalue weighted by Crippen LogP contribution is 2.39. The van der Waals surface area contributed by atoms with E-state index in [4.69, 9.17) is 14.2 Å². The first-order valence-corrected chi connectivity index (χ1v) is 10.4. The van der Waals surface area contributed by atoms with Crippen molar-refractivity contribution in [1.29, 1.82) is 0 Å². The SMILES string of the molecule is CCOc1cc(C(=O)Nc2ccc(Nc3ccccc3)cc2)cc(OCC)c1OCC. The monoisotopic (exact) mass is 420 g/mol. The molecular formula is C25H28N2O4. The number of hydrogen-bond acceptors (Lipinski definition) is 5. The summed E-state index contributed by atoms with van der Waals surface area (Å²) >= 11 is 0. The van der Waals surface area contributed by atoms with E-state index in [1.807, 2.05) is 75.4 Å². The van der Waals surface area contributed by atoms with Gasteiger partial charge in [-0.2, -0.15) is 0 Å². The van der Waals surface area contributed by atoms with Crippen LogP contribution in [0.1, 0.15) is 31.1 Å². The molecule has 1 amide bonds. The van der Waals surface area contributed by atoms with Gasteiger partial charge in [-0.3, -0.25) is 4.79 Å². The summed E-state index contributed by atoms with van der Waals surface area (Å²) in [5.41, 5.74) is 3.05. The molecule has 3 aromatic rings. The summed E-state index contributed by atoms with van der Waals surface area (Å²) in [7, 11) is 0. The Labute approximate surface area is 183 Å². The average molecular weight is 421 g/mol. The van der Waals surface area contributed by atoms with Crippen LogP contribution < -0.4 is 24.8 Å². The van der Waals surface area contributed by atoms with Gasteiger partial charge < -0.3 is 24.8 Å². The zero-order chi connectivity index (χ0) is 22.1. The molecule has 6 heteroatoms. The quantitative estimate of drug-likeness (QED) is 0.429. The van der Waals surface area contributed by atoms with Crippen molar-refractivity contribution in [3.05, 3.63) is 72.3 Å². The molecule has 0 aromatic heterocycles. The third-order valence-corrected chi connectivity index (χ3v) is 4.38.